The number of benzene rings is 1. The van der Waals surface area contributed by atoms with Crippen LogP contribution in [0, 0.1) is 0 Å². The molecule has 1 aromatic carbocycles. The van der Waals surface area contributed by atoms with Crippen LogP contribution in [0.2, 0.25) is 0 Å². The van der Waals surface area contributed by atoms with Gasteiger partial charge in [-0.2, -0.15) is 23.5 Å². The number of nitrogen functional groups attached to an aromatic ring is 1. The van der Waals surface area contributed by atoms with Gasteiger partial charge in [-0.1, -0.05) is 6.07 Å². The van der Waals surface area contributed by atoms with E-state index in [0.29, 0.717) is 16.6 Å². The highest BCUT2D eigenvalue weighted by Crippen LogP contribution is 2.27. The standard InChI is InChI=1S/C12H16N2O2S2/c13-10-3-1-2-9(12(15)16)11(10)14-6-8-7-17-4-5-18-8/h1-3,8,14H,4-7,13H2,(H,15,16). The molecule has 0 amide bonds. The molecule has 0 radical (unpaired) electrons. The smallest absolute Gasteiger partial charge is 0.337 e. The summed E-state index contributed by atoms with van der Waals surface area (Å²) in [5, 5.41) is 12.8. The number of anilines is 2. The van der Waals surface area contributed by atoms with Crippen LogP contribution in [0.5, 0.6) is 0 Å². The number of carboxylic acid groups (broad SMARTS) is 1. The number of hydrogen-bond donors (Lipinski definition) is 3. The first-order valence-electron chi connectivity index (χ1n) is 5.73. The fourth-order valence-corrected chi connectivity index (χ4v) is 4.43. The van der Waals surface area contributed by atoms with E-state index in [1.165, 1.54) is 5.75 Å². The normalized spacial score (nSPS) is 19.4. The molecule has 1 unspecified atom stereocenters. The molecule has 1 saturated heterocycles. The quantitative estimate of drug-likeness (QED) is 0.736. The highest BCUT2D eigenvalue weighted by atomic mass is 32.2. The zero-order valence-corrected chi connectivity index (χ0v) is 11.5. The molecule has 4 N–H and O–H groups in total. The van der Waals surface area contributed by atoms with Crippen molar-refractivity contribution in [3.05, 3.63) is 23.8 Å². The number of hydrogen-bond acceptors (Lipinski definition) is 5. The third-order valence-electron chi connectivity index (χ3n) is 2.72. The molecule has 1 aliphatic heterocycles. The zero-order chi connectivity index (χ0) is 13.0. The molecule has 98 valence electrons. The van der Waals surface area contributed by atoms with Gasteiger partial charge in [0.2, 0.25) is 0 Å². The van der Waals surface area contributed by atoms with Crippen molar-refractivity contribution in [1.82, 2.24) is 0 Å². The summed E-state index contributed by atoms with van der Waals surface area (Å²) < 4.78 is 0. The zero-order valence-electron chi connectivity index (χ0n) is 9.89. The molecule has 1 fully saturated rings. The monoisotopic (exact) mass is 284 g/mol. The molecule has 0 saturated carbocycles. The Labute approximate surface area is 115 Å². The predicted octanol–water partition coefficient (Wildman–Crippen LogP) is 2.23. The van der Waals surface area contributed by atoms with E-state index in [-0.39, 0.29) is 5.56 Å². The molecule has 0 aromatic heterocycles. The fraction of sp³-hybridized carbons (Fsp3) is 0.417. The van der Waals surface area contributed by atoms with Gasteiger partial charge in [0.25, 0.3) is 0 Å². The lowest BCUT2D eigenvalue weighted by Crippen LogP contribution is -2.24. The first-order valence-corrected chi connectivity index (χ1v) is 7.94. The highest BCUT2D eigenvalue weighted by Gasteiger charge is 2.17. The summed E-state index contributed by atoms with van der Waals surface area (Å²) in [7, 11) is 0. The first kappa shape index (κ1) is 13.4. The Kier molecular flexibility index (Phi) is 4.66. The van der Waals surface area contributed by atoms with E-state index in [1.54, 1.807) is 18.2 Å². The van der Waals surface area contributed by atoms with Crippen LogP contribution < -0.4 is 11.1 Å². The van der Waals surface area contributed by atoms with Crippen LogP contribution in [0.3, 0.4) is 0 Å². The Morgan fingerprint density at radius 3 is 3.00 bits per heavy atom. The van der Waals surface area contributed by atoms with E-state index >= 15 is 0 Å². The predicted molar refractivity (Wildman–Crippen MR) is 79.9 cm³/mol. The topological polar surface area (TPSA) is 75.4 Å². The Morgan fingerprint density at radius 1 is 1.50 bits per heavy atom. The first-order chi connectivity index (χ1) is 8.68. The van der Waals surface area contributed by atoms with Gasteiger partial charge in [-0.25, -0.2) is 4.79 Å². The van der Waals surface area contributed by atoms with Crippen LogP contribution >= 0.6 is 23.5 Å². The number of thioether (sulfide) groups is 2. The van der Waals surface area contributed by atoms with Crippen molar-refractivity contribution in [3.8, 4) is 0 Å². The van der Waals surface area contributed by atoms with Crippen molar-refractivity contribution >= 4 is 40.9 Å². The van der Waals surface area contributed by atoms with E-state index in [1.807, 2.05) is 23.5 Å². The lowest BCUT2D eigenvalue weighted by Gasteiger charge is -2.22. The number of nitrogens with one attached hydrogen (secondary N) is 1. The van der Waals surface area contributed by atoms with Gasteiger partial charge in [0.1, 0.15) is 0 Å². The fourth-order valence-electron chi connectivity index (χ4n) is 1.82. The van der Waals surface area contributed by atoms with Crippen molar-refractivity contribution in [1.29, 1.82) is 0 Å². The Bertz CT molecular complexity index is 434. The molecular formula is C12H16N2O2S2. The molecule has 4 nitrogen and oxygen atoms in total. The molecule has 0 aliphatic carbocycles. The van der Waals surface area contributed by atoms with Crippen molar-refractivity contribution in [2.75, 3.05) is 34.9 Å². The summed E-state index contributed by atoms with van der Waals surface area (Å²) in [5.74, 6) is 2.52. The van der Waals surface area contributed by atoms with E-state index < -0.39 is 5.97 Å². The van der Waals surface area contributed by atoms with Gasteiger partial charge in [-0.3, -0.25) is 0 Å². The maximum Gasteiger partial charge on any atom is 0.337 e. The molecule has 1 aliphatic rings. The van der Waals surface area contributed by atoms with Gasteiger partial charge in [0.05, 0.1) is 16.9 Å². The molecule has 1 aromatic rings. The van der Waals surface area contributed by atoms with Crippen LogP contribution in [-0.4, -0.2) is 40.1 Å². The Morgan fingerprint density at radius 2 is 2.33 bits per heavy atom. The van der Waals surface area contributed by atoms with Crippen LogP contribution in [0.15, 0.2) is 18.2 Å². The third kappa shape index (κ3) is 3.26. The van der Waals surface area contributed by atoms with E-state index in [4.69, 9.17) is 10.8 Å². The Balaban J connectivity index is 2.05. The second-order valence-electron chi connectivity index (χ2n) is 4.02. The summed E-state index contributed by atoms with van der Waals surface area (Å²) >= 11 is 3.88. The van der Waals surface area contributed by atoms with Crippen LogP contribution in [0.1, 0.15) is 10.4 Å². The maximum atomic E-state index is 11.1. The summed E-state index contributed by atoms with van der Waals surface area (Å²) in [6.07, 6.45) is 0. The number of para-hydroxylation sites is 1. The van der Waals surface area contributed by atoms with Crippen LogP contribution in [0.25, 0.3) is 0 Å². The molecule has 1 heterocycles. The lowest BCUT2D eigenvalue weighted by molar-refractivity contribution is 0.0698. The van der Waals surface area contributed by atoms with Crippen molar-refractivity contribution in [2.45, 2.75) is 5.25 Å². The third-order valence-corrected chi connectivity index (χ3v) is 5.56. The molecule has 2 rings (SSSR count). The van der Waals surface area contributed by atoms with Gasteiger partial charge in [-0.05, 0) is 12.1 Å². The minimum Gasteiger partial charge on any atom is -0.478 e. The molecular weight excluding hydrogens is 268 g/mol. The lowest BCUT2D eigenvalue weighted by atomic mass is 10.1. The van der Waals surface area contributed by atoms with Gasteiger partial charge < -0.3 is 16.2 Å². The summed E-state index contributed by atoms with van der Waals surface area (Å²) in [4.78, 5) is 11.1. The highest BCUT2D eigenvalue weighted by molar-refractivity contribution is 8.06. The number of carbonyl (C=O) groups is 1. The summed E-state index contributed by atoms with van der Waals surface area (Å²) in [6.45, 7) is 0.756. The SMILES string of the molecule is Nc1cccc(C(=O)O)c1NCC1CSCCS1. The average molecular weight is 284 g/mol. The molecule has 0 bridgehead atoms. The van der Waals surface area contributed by atoms with E-state index in [9.17, 15) is 4.79 Å². The van der Waals surface area contributed by atoms with Crippen molar-refractivity contribution in [3.63, 3.8) is 0 Å². The largest absolute Gasteiger partial charge is 0.478 e. The van der Waals surface area contributed by atoms with Gasteiger partial charge in [0, 0.05) is 29.1 Å². The van der Waals surface area contributed by atoms with Crippen LogP contribution in [0.4, 0.5) is 11.4 Å². The van der Waals surface area contributed by atoms with Gasteiger partial charge in [-0.15, -0.1) is 0 Å². The minimum atomic E-state index is -0.949. The number of aromatic carboxylic acids is 1. The van der Waals surface area contributed by atoms with Gasteiger partial charge in [0.15, 0.2) is 0 Å². The molecule has 0 spiro atoms. The van der Waals surface area contributed by atoms with E-state index in [2.05, 4.69) is 5.32 Å². The minimum absolute atomic E-state index is 0.239. The van der Waals surface area contributed by atoms with Crippen molar-refractivity contribution < 1.29 is 9.90 Å². The molecule has 1 atom stereocenters. The Hall–Kier alpha value is -1.01. The number of rotatable bonds is 4. The number of carboxylic acids is 1. The van der Waals surface area contributed by atoms with Crippen molar-refractivity contribution in [2.24, 2.45) is 0 Å². The molecule has 6 heteroatoms. The summed E-state index contributed by atoms with van der Waals surface area (Å²) in [5.41, 5.74) is 7.11. The second kappa shape index (κ2) is 6.24. The van der Waals surface area contributed by atoms with Gasteiger partial charge >= 0.3 is 5.97 Å². The second-order valence-corrected chi connectivity index (χ2v) is 6.58. The average Bonchev–Trinajstić information content (AvgIpc) is 2.38. The van der Waals surface area contributed by atoms with E-state index in [0.717, 1.165) is 18.1 Å². The molecule has 18 heavy (non-hydrogen) atoms. The number of nitrogens with two attached hydrogens (primary N) is 1. The summed E-state index contributed by atoms with van der Waals surface area (Å²) in [6, 6.07) is 4.95. The maximum absolute atomic E-state index is 11.1. The van der Waals surface area contributed by atoms with Crippen LogP contribution in [-0.2, 0) is 0 Å².